The second-order valence-corrected chi connectivity index (χ2v) is 6.23. The fraction of sp³-hybridized carbons (Fsp3) is 0.0714. The van der Waals surface area contributed by atoms with E-state index in [0.29, 0.717) is 5.75 Å². The molecular formula is C14H13N3O6S. The van der Waals surface area contributed by atoms with E-state index < -0.39 is 20.9 Å². The number of carbonyl (C=O) groups excluding carboxylic acids is 1. The number of hydrogen-bond donors (Lipinski definition) is 2. The van der Waals surface area contributed by atoms with Gasteiger partial charge in [-0.2, -0.15) is 0 Å². The van der Waals surface area contributed by atoms with Crippen molar-refractivity contribution in [2.45, 2.75) is 4.90 Å². The van der Waals surface area contributed by atoms with Crippen LogP contribution in [0.5, 0.6) is 5.75 Å². The lowest BCUT2D eigenvalue weighted by Gasteiger charge is -2.09. The average Bonchev–Trinajstić information content (AvgIpc) is 2.59. The Morgan fingerprint density at radius 3 is 2.54 bits per heavy atom. The van der Waals surface area contributed by atoms with Gasteiger partial charge in [-0.1, -0.05) is 12.1 Å². The van der Waals surface area contributed by atoms with Gasteiger partial charge in [-0.3, -0.25) is 20.3 Å². The number of benzene rings is 2. The van der Waals surface area contributed by atoms with Crippen molar-refractivity contribution in [3.05, 3.63) is 64.2 Å². The zero-order chi connectivity index (χ0) is 17.7. The Kier molecular flexibility index (Phi) is 5.11. The van der Waals surface area contributed by atoms with E-state index in [-0.39, 0.29) is 16.1 Å². The number of amides is 1. The van der Waals surface area contributed by atoms with E-state index in [1.165, 1.54) is 31.4 Å². The Morgan fingerprint density at radius 2 is 1.88 bits per heavy atom. The highest BCUT2D eigenvalue weighted by Crippen LogP contribution is 2.17. The fourth-order valence-electron chi connectivity index (χ4n) is 1.77. The smallest absolute Gasteiger partial charge is 0.270 e. The number of nitro benzene ring substituents is 1. The zero-order valence-corrected chi connectivity index (χ0v) is 13.2. The van der Waals surface area contributed by atoms with Crippen LogP contribution in [0.25, 0.3) is 0 Å². The minimum absolute atomic E-state index is 0.177. The third kappa shape index (κ3) is 4.06. The predicted octanol–water partition coefficient (Wildman–Crippen LogP) is 1.23. The molecule has 0 aliphatic heterocycles. The highest BCUT2D eigenvalue weighted by Gasteiger charge is 2.18. The van der Waals surface area contributed by atoms with Crippen molar-refractivity contribution >= 4 is 21.6 Å². The average molecular weight is 351 g/mol. The van der Waals surface area contributed by atoms with Crippen LogP contribution < -0.4 is 15.0 Å². The van der Waals surface area contributed by atoms with Crippen LogP contribution in [0.4, 0.5) is 5.69 Å². The van der Waals surface area contributed by atoms with E-state index in [4.69, 9.17) is 4.74 Å². The minimum Gasteiger partial charge on any atom is -0.497 e. The summed E-state index contributed by atoms with van der Waals surface area (Å²) in [6.45, 7) is 0. The highest BCUT2D eigenvalue weighted by atomic mass is 32.2. The number of non-ortho nitro benzene ring substituents is 1. The number of hydrazine groups is 1. The van der Waals surface area contributed by atoms with Crippen molar-refractivity contribution in [3.8, 4) is 5.75 Å². The molecule has 2 aromatic rings. The van der Waals surface area contributed by atoms with Crippen LogP contribution >= 0.6 is 0 Å². The SMILES string of the molecule is COc1cccc(C(=O)NNS(=O)(=O)c2cccc([N+](=O)[O-])c2)c1. The molecule has 0 aliphatic carbocycles. The molecule has 0 aliphatic rings. The van der Waals surface area contributed by atoms with Crippen LogP contribution in [-0.2, 0) is 10.0 Å². The lowest BCUT2D eigenvalue weighted by atomic mass is 10.2. The maximum atomic E-state index is 12.1. The van der Waals surface area contributed by atoms with Crippen molar-refractivity contribution in [2.24, 2.45) is 0 Å². The Morgan fingerprint density at radius 1 is 1.17 bits per heavy atom. The van der Waals surface area contributed by atoms with Crippen molar-refractivity contribution < 1.29 is 22.9 Å². The predicted molar refractivity (Wildman–Crippen MR) is 83.9 cm³/mol. The second-order valence-electron chi connectivity index (χ2n) is 4.55. The Hall–Kier alpha value is -2.98. The summed E-state index contributed by atoms with van der Waals surface area (Å²) in [6, 6.07) is 10.6. The van der Waals surface area contributed by atoms with Crippen LogP contribution in [0.1, 0.15) is 10.4 Å². The van der Waals surface area contributed by atoms with Crippen molar-refractivity contribution in [1.82, 2.24) is 10.3 Å². The first kappa shape index (κ1) is 17.4. The van der Waals surface area contributed by atoms with E-state index in [1.807, 2.05) is 10.3 Å². The third-order valence-corrected chi connectivity index (χ3v) is 4.21. The number of nitrogens with zero attached hydrogens (tertiary/aromatic N) is 1. The lowest BCUT2D eigenvalue weighted by molar-refractivity contribution is -0.385. The first-order valence-corrected chi connectivity index (χ1v) is 8.02. The topological polar surface area (TPSA) is 128 Å². The van der Waals surface area contributed by atoms with Gasteiger partial charge in [0.25, 0.3) is 21.6 Å². The first-order chi connectivity index (χ1) is 11.3. The molecule has 2 aromatic carbocycles. The van der Waals surface area contributed by atoms with Gasteiger partial charge in [-0.25, -0.2) is 8.42 Å². The van der Waals surface area contributed by atoms with Gasteiger partial charge in [0.05, 0.1) is 16.9 Å². The molecule has 0 aromatic heterocycles. The van der Waals surface area contributed by atoms with E-state index in [1.54, 1.807) is 12.1 Å². The molecule has 1 amide bonds. The summed E-state index contributed by atoms with van der Waals surface area (Å²) in [6.07, 6.45) is 0. The van der Waals surface area contributed by atoms with E-state index in [2.05, 4.69) is 0 Å². The molecule has 0 spiro atoms. The molecule has 126 valence electrons. The summed E-state index contributed by atoms with van der Waals surface area (Å²) in [7, 11) is -2.72. The summed E-state index contributed by atoms with van der Waals surface area (Å²) in [5.74, 6) is -0.271. The lowest BCUT2D eigenvalue weighted by Crippen LogP contribution is -2.41. The summed E-state index contributed by atoms with van der Waals surface area (Å²) in [5.41, 5.74) is 1.83. The van der Waals surface area contributed by atoms with Gasteiger partial charge in [-0.05, 0) is 24.3 Å². The number of hydrogen-bond acceptors (Lipinski definition) is 6. The standard InChI is InChI=1S/C14H13N3O6S/c1-23-12-6-2-4-10(8-12)14(18)15-16-24(21,22)13-7-3-5-11(9-13)17(19)20/h2-9,16H,1H3,(H,15,18). The molecule has 10 heteroatoms. The van der Waals surface area contributed by atoms with E-state index in [0.717, 1.165) is 12.1 Å². The normalized spacial score (nSPS) is 10.9. The van der Waals surface area contributed by atoms with Gasteiger partial charge >= 0.3 is 0 Å². The molecule has 0 saturated carbocycles. The molecule has 0 saturated heterocycles. The zero-order valence-electron chi connectivity index (χ0n) is 12.4. The van der Waals surface area contributed by atoms with Crippen LogP contribution in [0.3, 0.4) is 0 Å². The van der Waals surface area contributed by atoms with Gasteiger partial charge in [0.1, 0.15) is 5.75 Å². The van der Waals surface area contributed by atoms with Crippen LogP contribution in [-0.4, -0.2) is 26.4 Å². The molecule has 2 N–H and O–H groups in total. The monoisotopic (exact) mass is 351 g/mol. The second kappa shape index (κ2) is 7.06. The molecule has 0 fully saturated rings. The molecule has 2 rings (SSSR count). The third-order valence-electron chi connectivity index (χ3n) is 2.97. The molecule has 24 heavy (non-hydrogen) atoms. The molecule has 0 bridgehead atoms. The van der Waals surface area contributed by atoms with E-state index in [9.17, 15) is 23.3 Å². The summed E-state index contributed by atoms with van der Waals surface area (Å²) in [5, 5.41) is 10.7. The van der Waals surface area contributed by atoms with Crippen molar-refractivity contribution in [2.75, 3.05) is 7.11 Å². The van der Waals surface area contributed by atoms with Gasteiger partial charge in [0.2, 0.25) is 0 Å². The number of ether oxygens (including phenoxy) is 1. The first-order valence-electron chi connectivity index (χ1n) is 6.54. The van der Waals surface area contributed by atoms with E-state index >= 15 is 0 Å². The molecule has 0 radical (unpaired) electrons. The number of nitro groups is 1. The quantitative estimate of drug-likeness (QED) is 0.595. The van der Waals surface area contributed by atoms with Gasteiger partial charge in [-0.15, -0.1) is 4.83 Å². The number of rotatable bonds is 6. The molecule has 0 atom stereocenters. The van der Waals surface area contributed by atoms with Gasteiger partial charge < -0.3 is 4.74 Å². The maximum absolute atomic E-state index is 12.1. The Labute approximate surface area is 137 Å². The highest BCUT2D eigenvalue weighted by molar-refractivity contribution is 7.89. The largest absolute Gasteiger partial charge is 0.497 e. The van der Waals surface area contributed by atoms with Crippen LogP contribution in [0.15, 0.2) is 53.4 Å². The molecule has 9 nitrogen and oxygen atoms in total. The number of carbonyl (C=O) groups is 1. The Balaban J connectivity index is 2.13. The fourth-order valence-corrected chi connectivity index (χ4v) is 2.65. The Bertz CT molecular complexity index is 882. The van der Waals surface area contributed by atoms with Crippen molar-refractivity contribution in [3.63, 3.8) is 0 Å². The van der Waals surface area contributed by atoms with Crippen LogP contribution in [0.2, 0.25) is 0 Å². The summed E-state index contributed by atoms with van der Waals surface area (Å²) >= 11 is 0. The number of nitrogens with one attached hydrogen (secondary N) is 2. The van der Waals surface area contributed by atoms with Gasteiger partial charge in [0.15, 0.2) is 0 Å². The van der Waals surface area contributed by atoms with Crippen LogP contribution in [0, 0.1) is 10.1 Å². The molecular weight excluding hydrogens is 338 g/mol. The maximum Gasteiger partial charge on any atom is 0.270 e. The number of methoxy groups -OCH3 is 1. The number of sulfonamides is 1. The summed E-state index contributed by atoms with van der Waals surface area (Å²) < 4.78 is 29.2. The van der Waals surface area contributed by atoms with Crippen molar-refractivity contribution in [1.29, 1.82) is 0 Å². The summed E-state index contributed by atoms with van der Waals surface area (Å²) in [4.78, 5) is 23.5. The van der Waals surface area contributed by atoms with Gasteiger partial charge in [0, 0.05) is 17.7 Å². The minimum atomic E-state index is -4.15. The molecule has 0 unspecified atom stereocenters. The molecule has 0 heterocycles.